The Morgan fingerprint density at radius 1 is 1.24 bits per heavy atom. The Balaban J connectivity index is 3.04. The molecule has 0 saturated heterocycles. The lowest BCUT2D eigenvalue weighted by Gasteiger charge is -2.19. The third-order valence-electron chi connectivity index (χ3n) is 3.05. The predicted molar refractivity (Wildman–Crippen MR) is 71.8 cm³/mol. The maximum absolute atomic E-state index is 12.0. The molecule has 1 N–H and O–H groups in total. The second-order valence-electron chi connectivity index (χ2n) is 4.23. The molecule has 4 heteroatoms. The van der Waals surface area contributed by atoms with Crippen LogP contribution in [0.3, 0.4) is 0 Å². The molecule has 1 heterocycles. The van der Waals surface area contributed by atoms with Gasteiger partial charge in [0.25, 0.3) is 5.56 Å². The fourth-order valence-corrected chi connectivity index (χ4v) is 1.92. The molecule has 0 aliphatic carbocycles. The molecule has 0 aliphatic heterocycles. The van der Waals surface area contributed by atoms with Crippen molar-refractivity contribution in [3.05, 3.63) is 21.6 Å². The van der Waals surface area contributed by atoms with Crippen molar-refractivity contribution in [3.8, 4) is 0 Å². The summed E-state index contributed by atoms with van der Waals surface area (Å²) in [6.07, 6.45) is 2.95. The third-order valence-corrected chi connectivity index (χ3v) is 3.05. The van der Waals surface area contributed by atoms with Crippen molar-refractivity contribution < 1.29 is 0 Å². The van der Waals surface area contributed by atoms with Gasteiger partial charge >= 0.3 is 0 Å². The van der Waals surface area contributed by atoms with Crippen LogP contribution in [0.15, 0.2) is 4.79 Å². The molecule has 0 bridgehead atoms. The van der Waals surface area contributed by atoms with Gasteiger partial charge in [0.2, 0.25) is 5.95 Å². The molecule has 96 valence electrons. The molecular weight excluding hydrogens is 214 g/mol. The van der Waals surface area contributed by atoms with Crippen LogP contribution in [0.25, 0.3) is 0 Å². The minimum atomic E-state index is 0.0212. The molecule has 17 heavy (non-hydrogen) atoms. The van der Waals surface area contributed by atoms with E-state index in [-0.39, 0.29) is 5.56 Å². The van der Waals surface area contributed by atoms with Crippen LogP contribution >= 0.6 is 0 Å². The molecule has 0 atom stereocenters. The number of hydrogen-bond acceptors (Lipinski definition) is 3. The van der Waals surface area contributed by atoms with Gasteiger partial charge in [0, 0.05) is 24.3 Å². The van der Waals surface area contributed by atoms with E-state index in [1.54, 1.807) is 0 Å². The zero-order chi connectivity index (χ0) is 12.8. The third kappa shape index (κ3) is 3.32. The van der Waals surface area contributed by atoms with Gasteiger partial charge in [0.1, 0.15) is 0 Å². The van der Waals surface area contributed by atoms with Crippen molar-refractivity contribution in [2.75, 3.05) is 18.0 Å². The summed E-state index contributed by atoms with van der Waals surface area (Å²) in [5.41, 5.74) is 1.72. The summed E-state index contributed by atoms with van der Waals surface area (Å²) in [5, 5.41) is 0. The number of anilines is 1. The summed E-state index contributed by atoms with van der Waals surface area (Å²) in [4.78, 5) is 21.4. The summed E-state index contributed by atoms with van der Waals surface area (Å²) in [6, 6.07) is 0. The number of H-pyrrole nitrogens is 1. The van der Waals surface area contributed by atoms with Crippen molar-refractivity contribution in [1.29, 1.82) is 0 Å². The normalized spacial score (nSPS) is 10.6. The van der Waals surface area contributed by atoms with Gasteiger partial charge in [-0.15, -0.1) is 0 Å². The molecular formula is C13H23N3O. The van der Waals surface area contributed by atoms with Crippen LogP contribution < -0.4 is 10.5 Å². The Hall–Kier alpha value is -1.32. The van der Waals surface area contributed by atoms with E-state index in [1.165, 1.54) is 0 Å². The van der Waals surface area contributed by atoms with E-state index in [0.717, 1.165) is 43.6 Å². The van der Waals surface area contributed by atoms with E-state index in [0.29, 0.717) is 5.95 Å². The van der Waals surface area contributed by atoms with Gasteiger partial charge in [-0.2, -0.15) is 0 Å². The number of hydrogen-bond donors (Lipinski definition) is 1. The Labute approximate surface area is 103 Å². The van der Waals surface area contributed by atoms with Crippen molar-refractivity contribution in [3.63, 3.8) is 0 Å². The van der Waals surface area contributed by atoms with Crippen LogP contribution in [0, 0.1) is 6.92 Å². The Bertz CT molecular complexity index is 408. The van der Waals surface area contributed by atoms with Gasteiger partial charge in [-0.3, -0.25) is 9.78 Å². The van der Waals surface area contributed by atoms with E-state index in [2.05, 4.69) is 35.6 Å². The zero-order valence-corrected chi connectivity index (χ0v) is 11.3. The maximum Gasteiger partial charge on any atom is 0.255 e. The lowest BCUT2D eigenvalue weighted by atomic mass is 10.1. The predicted octanol–water partition coefficient (Wildman–Crippen LogP) is 2.27. The van der Waals surface area contributed by atoms with Gasteiger partial charge in [0.05, 0.1) is 0 Å². The van der Waals surface area contributed by atoms with Gasteiger partial charge < -0.3 is 4.90 Å². The molecule has 1 rings (SSSR count). The number of aromatic nitrogens is 2. The first-order chi connectivity index (χ1) is 8.13. The maximum atomic E-state index is 12.0. The lowest BCUT2D eigenvalue weighted by molar-refractivity contribution is 0.759. The second-order valence-corrected chi connectivity index (χ2v) is 4.23. The highest BCUT2D eigenvalue weighted by molar-refractivity contribution is 5.32. The Morgan fingerprint density at radius 2 is 1.88 bits per heavy atom. The summed E-state index contributed by atoms with van der Waals surface area (Å²) in [5.74, 6) is 0.692. The molecule has 0 radical (unpaired) electrons. The zero-order valence-electron chi connectivity index (χ0n) is 11.3. The molecule has 0 fully saturated rings. The fourth-order valence-electron chi connectivity index (χ4n) is 1.92. The number of aryl methyl sites for hydroxylation is 1. The molecule has 0 amide bonds. The van der Waals surface area contributed by atoms with Crippen molar-refractivity contribution in [1.82, 2.24) is 9.97 Å². The molecule has 0 spiro atoms. The second kappa shape index (κ2) is 6.42. The highest BCUT2D eigenvalue weighted by Crippen LogP contribution is 2.09. The topological polar surface area (TPSA) is 49.0 Å². The van der Waals surface area contributed by atoms with Gasteiger partial charge in [-0.05, 0) is 33.6 Å². The molecule has 4 nitrogen and oxygen atoms in total. The first-order valence-corrected chi connectivity index (χ1v) is 6.48. The average molecular weight is 237 g/mol. The van der Waals surface area contributed by atoms with Crippen LogP contribution in [0.2, 0.25) is 0 Å². The quantitative estimate of drug-likeness (QED) is 0.825. The van der Waals surface area contributed by atoms with Crippen LogP contribution in [0.4, 0.5) is 5.95 Å². The van der Waals surface area contributed by atoms with Crippen LogP contribution in [0.1, 0.15) is 44.9 Å². The monoisotopic (exact) mass is 237 g/mol. The number of unbranched alkanes of at least 4 members (excludes halogenated alkanes) is 1. The van der Waals surface area contributed by atoms with Gasteiger partial charge in [0.15, 0.2) is 0 Å². The van der Waals surface area contributed by atoms with E-state index >= 15 is 0 Å². The lowest BCUT2D eigenvalue weighted by Crippen LogP contribution is -2.28. The highest BCUT2D eigenvalue weighted by Gasteiger charge is 2.10. The van der Waals surface area contributed by atoms with Crippen molar-refractivity contribution >= 4 is 5.95 Å². The van der Waals surface area contributed by atoms with E-state index in [4.69, 9.17) is 0 Å². The van der Waals surface area contributed by atoms with E-state index in [1.807, 2.05) is 6.92 Å². The Morgan fingerprint density at radius 3 is 2.35 bits per heavy atom. The standard InChI is InChI=1S/C13H23N3O/c1-5-8-9-11-10(4)14-13(15-12(11)17)16(6-2)7-3/h5-9H2,1-4H3,(H,14,15,17). The summed E-state index contributed by atoms with van der Waals surface area (Å²) >= 11 is 0. The van der Waals surface area contributed by atoms with Crippen LogP contribution in [-0.4, -0.2) is 23.1 Å². The smallest absolute Gasteiger partial charge is 0.255 e. The van der Waals surface area contributed by atoms with Crippen molar-refractivity contribution in [2.24, 2.45) is 0 Å². The number of nitrogens with zero attached hydrogens (tertiary/aromatic N) is 2. The summed E-state index contributed by atoms with van der Waals surface area (Å²) < 4.78 is 0. The fraction of sp³-hybridized carbons (Fsp3) is 0.692. The van der Waals surface area contributed by atoms with Crippen LogP contribution in [0.5, 0.6) is 0 Å². The number of nitrogens with one attached hydrogen (secondary N) is 1. The first-order valence-electron chi connectivity index (χ1n) is 6.48. The van der Waals surface area contributed by atoms with Gasteiger partial charge in [-0.25, -0.2) is 4.98 Å². The average Bonchev–Trinajstić information content (AvgIpc) is 2.30. The number of rotatable bonds is 6. The molecule has 1 aromatic heterocycles. The van der Waals surface area contributed by atoms with Crippen molar-refractivity contribution in [2.45, 2.75) is 47.0 Å². The molecule has 0 saturated carbocycles. The largest absolute Gasteiger partial charge is 0.343 e. The SMILES string of the molecule is CCCCc1c(C)nc(N(CC)CC)[nH]c1=O. The van der Waals surface area contributed by atoms with E-state index in [9.17, 15) is 4.79 Å². The first kappa shape index (κ1) is 13.7. The molecule has 0 unspecified atom stereocenters. The summed E-state index contributed by atoms with van der Waals surface area (Å²) in [7, 11) is 0. The minimum absolute atomic E-state index is 0.0212. The number of aromatic amines is 1. The van der Waals surface area contributed by atoms with Gasteiger partial charge in [-0.1, -0.05) is 13.3 Å². The molecule has 1 aromatic rings. The molecule has 0 aromatic carbocycles. The van der Waals surface area contributed by atoms with Crippen LogP contribution in [-0.2, 0) is 6.42 Å². The minimum Gasteiger partial charge on any atom is -0.343 e. The summed E-state index contributed by atoms with van der Waals surface area (Å²) in [6.45, 7) is 9.88. The highest BCUT2D eigenvalue weighted by atomic mass is 16.1. The van der Waals surface area contributed by atoms with E-state index < -0.39 is 0 Å². The molecule has 0 aliphatic rings. The Kier molecular flexibility index (Phi) is 5.19.